The molecule has 33 heavy (non-hydrogen) atoms. The van der Waals surface area contributed by atoms with Crippen LogP contribution >= 0.6 is 0 Å². The Kier molecular flexibility index (Phi) is 30.0. The lowest BCUT2D eigenvalue weighted by atomic mass is 10.0. The fourth-order valence-electron chi connectivity index (χ4n) is 5.07. The molecule has 1 heteroatoms. The first-order valence-corrected chi connectivity index (χ1v) is 16.1. The molecular formula is C32H67N. The Morgan fingerprint density at radius 2 is 0.455 bits per heavy atom. The highest BCUT2D eigenvalue weighted by molar-refractivity contribution is 4.60. The first-order valence-electron chi connectivity index (χ1n) is 16.1. The molecule has 0 aliphatic heterocycles. The molecule has 0 heterocycles. The second-order valence-corrected chi connectivity index (χ2v) is 11.0. The van der Waals surface area contributed by atoms with Gasteiger partial charge in [-0.1, -0.05) is 168 Å². The van der Waals surface area contributed by atoms with Gasteiger partial charge in [0, 0.05) is 0 Å². The molecule has 0 aliphatic carbocycles. The summed E-state index contributed by atoms with van der Waals surface area (Å²) in [5.41, 5.74) is 0. The standard InChI is InChI=1S/C32H67N/c1-4-7-10-12-14-16-17-18-19-20-21-22-23-25-27-29-32-33(30-9-6-3)31-28-26-24-15-13-11-8-5-2/h4-32H2,1-3H3. The molecule has 200 valence electrons. The van der Waals surface area contributed by atoms with E-state index in [0.717, 1.165) is 0 Å². The predicted molar refractivity (Wildman–Crippen MR) is 154 cm³/mol. The summed E-state index contributed by atoms with van der Waals surface area (Å²) in [4.78, 5) is 2.78. The van der Waals surface area contributed by atoms with E-state index in [1.54, 1.807) is 0 Å². The highest BCUT2D eigenvalue weighted by Crippen LogP contribution is 2.14. The predicted octanol–water partition coefficient (Wildman–Crippen LogP) is 11.5. The van der Waals surface area contributed by atoms with Gasteiger partial charge in [0.25, 0.3) is 0 Å². The van der Waals surface area contributed by atoms with Gasteiger partial charge in [-0.25, -0.2) is 0 Å². The lowest BCUT2D eigenvalue weighted by Gasteiger charge is -2.22. The lowest BCUT2D eigenvalue weighted by Crippen LogP contribution is -2.27. The number of hydrogen-bond donors (Lipinski definition) is 0. The van der Waals surface area contributed by atoms with Crippen LogP contribution in [-0.2, 0) is 0 Å². The summed E-state index contributed by atoms with van der Waals surface area (Å²) in [6, 6.07) is 0. The van der Waals surface area contributed by atoms with Gasteiger partial charge in [-0.3, -0.25) is 0 Å². The van der Waals surface area contributed by atoms with E-state index in [0.29, 0.717) is 0 Å². The Balaban J connectivity index is 3.43. The Labute approximate surface area is 212 Å². The van der Waals surface area contributed by atoms with Crippen molar-refractivity contribution in [3.8, 4) is 0 Å². The minimum Gasteiger partial charge on any atom is -0.303 e. The van der Waals surface area contributed by atoms with Gasteiger partial charge in [-0.2, -0.15) is 0 Å². The van der Waals surface area contributed by atoms with Gasteiger partial charge in [0.05, 0.1) is 0 Å². The molecule has 1 nitrogen and oxygen atoms in total. The van der Waals surface area contributed by atoms with Gasteiger partial charge in [0.15, 0.2) is 0 Å². The van der Waals surface area contributed by atoms with Crippen molar-refractivity contribution in [3.05, 3.63) is 0 Å². The minimum absolute atomic E-state index is 1.34. The normalized spacial score (nSPS) is 11.6. The average Bonchev–Trinajstić information content (AvgIpc) is 2.83. The largest absolute Gasteiger partial charge is 0.303 e. The molecule has 0 bridgehead atoms. The van der Waals surface area contributed by atoms with Crippen molar-refractivity contribution >= 4 is 0 Å². The van der Waals surface area contributed by atoms with Crippen LogP contribution in [0, 0.1) is 0 Å². The van der Waals surface area contributed by atoms with Crippen molar-refractivity contribution in [1.82, 2.24) is 4.90 Å². The van der Waals surface area contributed by atoms with Crippen molar-refractivity contribution in [2.45, 2.75) is 188 Å². The van der Waals surface area contributed by atoms with E-state index < -0.39 is 0 Å². The van der Waals surface area contributed by atoms with Crippen molar-refractivity contribution in [3.63, 3.8) is 0 Å². The van der Waals surface area contributed by atoms with E-state index in [9.17, 15) is 0 Å². The van der Waals surface area contributed by atoms with E-state index in [-0.39, 0.29) is 0 Å². The summed E-state index contributed by atoms with van der Waals surface area (Å²) in [5, 5.41) is 0. The highest BCUT2D eigenvalue weighted by atomic mass is 15.1. The zero-order valence-electron chi connectivity index (χ0n) is 24.0. The molecule has 0 saturated carbocycles. The summed E-state index contributed by atoms with van der Waals surface area (Å²) in [6.07, 6.45) is 37.7. The van der Waals surface area contributed by atoms with E-state index in [1.807, 2.05) is 0 Å². The van der Waals surface area contributed by atoms with Crippen LogP contribution in [0.25, 0.3) is 0 Å². The molecule has 0 aromatic rings. The van der Waals surface area contributed by atoms with Crippen LogP contribution in [0.2, 0.25) is 0 Å². The van der Waals surface area contributed by atoms with Gasteiger partial charge >= 0.3 is 0 Å². The monoisotopic (exact) mass is 466 g/mol. The summed E-state index contributed by atoms with van der Waals surface area (Å²) in [6.45, 7) is 11.0. The number of rotatable bonds is 29. The Morgan fingerprint density at radius 1 is 0.242 bits per heavy atom. The first kappa shape index (κ1) is 33.0. The second kappa shape index (κ2) is 30.0. The summed E-state index contributed by atoms with van der Waals surface area (Å²) < 4.78 is 0. The molecule has 0 aromatic heterocycles. The number of hydrogen-bond acceptors (Lipinski definition) is 1. The molecular weight excluding hydrogens is 398 g/mol. The molecule has 0 saturated heterocycles. The third-order valence-corrected chi connectivity index (χ3v) is 7.48. The maximum absolute atomic E-state index is 2.78. The Hall–Kier alpha value is -0.0400. The molecule has 0 N–H and O–H groups in total. The van der Waals surface area contributed by atoms with Gasteiger partial charge in [-0.05, 0) is 38.9 Å². The molecule has 0 amide bonds. The molecule has 0 rings (SSSR count). The number of nitrogens with zero attached hydrogens (tertiary/aromatic N) is 1. The lowest BCUT2D eigenvalue weighted by molar-refractivity contribution is 0.256. The molecule has 0 spiro atoms. The van der Waals surface area contributed by atoms with Gasteiger partial charge in [-0.15, -0.1) is 0 Å². The van der Waals surface area contributed by atoms with Crippen LogP contribution < -0.4 is 0 Å². The highest BCUT2D eigenvalue weighted by Gasteiger charge is 2.04. The zero-order chi connectivity index (χ0) is 24.1. The Morgan fingerprint density at radius 3 is 0.727 bits per heavy atom. The second-order valence-electron chi connectivity index (χ2n) is 11.0. The van der Waals surface area contributed by atoms with Crippen molar-refractivity contribution in [2.24, 2.45) is 0 Å². The van der Waals surface area contributed by atoms with Gasteiger partial charge < -0.3 is 4.90 Å². The molecule has 0 aliphatic rings. The molecule has 0 aromatic carbocycles. The molecule has 0 fully saturated rings. The van der Waals surface area contributed by atoms with Crippen LogP contribution in [-0.4, -0.2) is 24.5 Å². The van der Waals surface area contributed by atoms with E-state index in [1.165, 1.54) is 187 Å². The summed E-state index contributed by atoms with van der Waals surface area (Å²) in [5.74, 6) is 0. The summed E-state index contributed by atoms with van der Waals surface area (Å²) >= 11 is 0. The topological polar surface area (TPSA) is 3.24 Å². The third-order valence-electron chi connectivity index (χ3n) is 7.48. The smallest absolute Gasteiger partial charge is 0.00187 e. The minimum atomic E-state index is 1.34. The maximum Gasteiger partial charge on any atom is -0.00187 e. The SMILES string of the molecule is CCCCCCCCCCCCCCCCCCN(CCCC)CCCCCCCCCC. The molecule has 0 unspecified atom stereocenters. The summed E-state index contributed by atoms with van der Waals surface area (Å²) in [7, 11) is 0. The van der Waals surface area contributed by atoms with Crippen LogP contribution in [0.15, 0.2) is 0 Å². The van der Waals surface area contributed by atoms with Crippen LogP contribution in [0.5, 0.6) is 0 Å². The van der Waals surface area contributed by atoms with Gasteiger partial charge in [0.2, 0.25) is 0 Å². The van der Waals surface area contributed by atoms with E-state index in [2.05, 4.69) is 25.7 Å². The third kappa shape index (κ3) is 28.1. The fraction of sp³-hybridized carbons (Fsp3) is 1.00. The van der Waals surface area contributed by atoms with E-state index >= 15 is 0 Å². The average molecular weight is 466 g/mol. The maximum atomic E-state index is 2.78. The number of unbranched alkanes of at least 4 members (excludes halogenated alkanes) is 23. The van der Waals surface area contributed by atoms with Crippen LogP contribution in [0.3, 0.4) is 0 Å². The molecule has 0 atom stereocenters. The van der Waals surface area contributed by atoms with Crippen LogP contribution in [0.1, 0.15) is 188 Å². The quantitative estimate of drug-likeness (QED) is 0.0992. The van der Waals surface area contributed by atoms with Gasteiger partial charge in [0.1, 0.15) is 0 Å². The first-order chi connectivity index (χ1) is 16.3. The van der Waals surface area contributed by atoms with Crippen molar-refractivity contribution < 1.29 is 0 Å². The van der Waals surface area contributed by atoms with Crippen molar-refractivity contribution in [2.75, 3.05) is 19.6 Å². The van der Waals surface area contributed by atoms with Crippen molar-refractivity contribution in [1.29, 1.82) is 0 Å². The van der Waals surface area contributed by atoms with Crippen LogP contribution in [0.4, 0.5) is 0 Å². The molecule has 0 radical (unpaired) electrons. The van der Waals surface area contributed by atoms with E-state index in [4.69, 9.17) is 0 Å². The zero-order valence-corrected chi connectivity index (χ0v) is 24.0. The fourth-order valence-corrected chi connectivity index (χ4v) is 5.07. The Bertz CT molecular complexity index is 326.